The predicted octanol–water partition coefficient (Wildman–Crippen LogP) is 3.69. The minimum absolute atomic E-state index is 0.0239. The number of carbonyl (C=O) groups is 2. The van der Waals surface area contributed by atoms with Crippen molar-refractivity contribution in [2.75, 3.05) is 34.4 Å². The van der Waals surface area contributed by atoms with Gasteiger partial charge in [0, 0.05) is 39.9 Å². The van der Waals surface area contributed by atoms with E-state index >= 15 is 0 Å². The Bertz CT molecular complexity index is 1260. The highest BCUT2D eigenvalue weighted by atomic mass is 32.2. The number of ether oxygens (including phenoxy) is 1. The van der Waals surface area contributed by atoms with Gasteiger partial charge in [-0.05, 0) is 47.2 Å². The van der Waals surface area contributed by atoms with Gasteiger partial charge < -0.3 is 14.7 Å². The molecule has 0 radical (unpaired) electrons. The van der Waals surface area contributed by atoms with E-state index in [0.29, 0.717) is 18.6 Å². The molecular weight excluding hydrogens is 480 g/mol. The van der Waals surface area contributed by atoms with Crippen molar-refractivity contribution in [3.8, 4) is 0 Å². The number of hydrogen-bond donors (Lipinski definition) is 1. The standard InChI is InChI=1S/C27H34N2O6S/c1-27(2,3)20-12-8-18(9-13-20)23-22(25(31)26(32)29(23)16-7-17-35-6)24(30)19-10-14-21(15-11-19)36(33,34)28(4)5/h8-15,23,30H,7,16-17H2,1-6H3/b24-22-. The monoisotopic (exact) mass is 514 g/mol. The first-order chi connectivity index (χ1) is 16.8. The fourth-order valence-corrected chi connectivity index (χ4v) is 5.05. The number of amides is 1. The number of rotatable bonds is 8. The molecule has 9 heteroatoms. The van der Waals surface area contributed by atoms with Gasteiger partial charge in [0.25, 0.3) is 11.7 Å². The number of carbonyl (C=O) groups excluding carboxylic acids is 2. The number of ketones is 1. The molecular formula is C27H34N2O6S. The van der Waals surface area contributed by atoms with E-state index in [0.717, 1.165) is 9.87 Å². The van der Waals surface area contributed by atoms with Crippen LogP contribution in [0.25, 0.3) is 5.76 Å². The smallest absolute Gasteiger partial charge is 0.295 e. The van der Waals surface area contributed by atoms with E-state index in [1.54, 1.807) is 7.11 Å². The lowest BCUT2D eigenvalue weighted by Crippen LogP contribution is -2.31. The van der Waals surface area contributed by atoms with Gasteiger partial charge >= 0.3 is 0 Å². The van der Waals surface area contributed by atoms with Crippen molar-refractivity contribution in [2.45, 2.75) is 43.5 Å². The van der Waals surface area contributed by atoms with Crippen LogP contribution in [0.5, 0.6) is 0 Å². The van der Waals surface area contributed by atoms with E-state index in [4.69, 9.17) is 4.74 Å². The molecule has 3 rings (SSSR count). The number of aliphatic hydroxyl groups excluding tert-OH is 1. The summed E-state index contributed by atoms with van der Waals surface area (Å²) in [7, 11) is 0.771. The van der Waals surface area contributed by atoms with Crippen LogP contribution in [0, 0.1) is 0 Å². The average Bonchev–Trinajstić information content (AvgIpc) is 3.08. The van der Waals surface area contributed by atoms with Crippen molar-refractivity contribution in [3.05, 3.63) is 70.8 Å². The molecule has 0 saturated carbocycles. The number of hydrogen-bond acceptors (Lipinski definition) is 6. The molecule has 1 aliphatic rings. The largest absolute Gasteiger partial charge is 0.507 e. The lowest BCUT2D eigenvalue weighted by atomic mass is 9.85. The second-order valence-corrected chi connectivity index (χ2v) is 12.2. The average molecular weight is 515 g/mol. The summed E-state index contributed by atoms with van der Waals surface area (Å²) in [6.45, 7) is 6.98. The van der Waals surface area contributed by atoms with Crippen LogP contribution in [-0.2, 0) is 29.8 Å². The van der Waals surface area contributed by atoms with Crippen molar-refractivity contribution < 1.29 is 27.9 Å². The topological polar surface area (TPSA) is 104 Å². The summed E-state index contributed by atoms with van der Waals surface area (Å²) < 4.78 is 31.0. The number of methoxy groups -OCH3 is 1. The molecule has 1 aliphatic heterocycles. The first-order valence-corrected chi connectivity index (χ1v) is 13.2. The minimum Gasteiger partial charge on any atom is -0.507 e. The summed E-state index contributed by atoms with van der Waals surface area (Å²) in [5.74, 6) is -1.81. The number of likely N-dealkylation sites (tertiary alicyclic amines) is 1. The zero-order valence-electron chi connectivity index (χ0n) is 21.6. The van der Waals surface area contributed by atoms with Gasteiger partial charge in [0.2, 0.25) is 10.0 Å². The Kier molecular flexibility index (Phi) is 8.07. The molecule has 2 aromatic carbocycles. The van der Waals surface area contributed by atoms with E-state index in [-0.39, 0.29) is 33.8 Å². The lowest BCUT2D eigenvalue weighted by molar-refractivity contribution is -0.140. The maximum absolute atomic E-state index is 13.1. The summed E-state index contributed by atoms with van der Waals surface area (Å²) in [6, 6.07) is 12.5. The molecule has 0 aliphatic carbocycles. The third-order valence-electron chi connectivity index (χ3n) is 6.29. The Morgan fingerprint density at radius 2 is 1.61 bits per heavy atom. The van der Waals surface area contributed by atoms with Gasteiger partial charge in [0.15, 0.2) is 0 Å². The highest BCUT2D eigenvalue weighted by Gasteiger charge is 2.45. The van der Waals surface area contributed by atoms with Crippen molar-refractivity contribution in [2.24, 2.45) is 0 Å². The van der Waals surface area contributed by atoms with Crippen molar-refractivity contribution >= 4 is 27.5 Å². The van der Waals surface area contributed by atoms with Crippen LogP contribution in [0.4, 0.5) is 0 Å². The second kappa shape index (κ2) is 10.5. The Labute approximate surface area is 213 Å². The summed E-state index contributed by atoms with van der Waals surface area (Å²) in [4.78, 5) is 27.7. The molecule has 1 unspecified atom stereocenters. The quantitative estimate of drug-likeness (QED) is 0.249. The van der Waals surface area contributed by atoms with Gasteiger partial charge in [-0.1, -0.05) is 45.0 Å². The van der Waals surface area contributed by atoms with Crippen LogP contribution < -0.4 is 0 Å². The number of benzene rings is 2. The Morgan fingerprint density at radius 1 is 1.03 bits per heavy atom. The molecule has 36 heavy (non-hydrogen) atoms. The Hall–Kier alpha value is -3.01. The molecule has 1 saturated heterocycles. The van der Waals surface area contributed by atoms with Gasteiger partial charge in [0.1, 0.15) is 5.76 Å². The normalized spacial score (nSPS) is 18.3. The van der Waals surface area contributed by atoms with Crippen molar-refractivity contribution in [1.29, 1.82) is 0 Å². The second-order valence-electron chi connectivity index (χ2n) is 10.0. The SMILES string of the molecule is COCCCN1C(=O)C(=O)/C(=C(\O)c2ccc(S(=O)(=O)N(C)C)cc2)C1c1ccc(C(C)(C)C)cc1. The minimum atomic E-state index is -3.66. The zero-order valence-corrected chi connectivity index (χ0v) is 22.4. The number of Topliss-reactive ketones (excluding diaryl/α,β-unsaturated/α-hetero) is 1. The summed E-state index contributed by atoms with van der Waals surface area (Å²) in [5.41, 5.74) is 1.95. The molecule has 1 heterocycles. The van der Waals surface area contributed by atoms with Gasteiger partial charge in [-0.25, -0.2) is 12.7 Å². The molecule has 1 fully saturated rings. The van der Waals surface area contributed by atoms with Crippen molar-refractivity contribution in [1.82, 2.24) is 9.21 Å². The third-order valence-corrected chi connectivity index (χ3v) is 8.12. The predicted molar refractivity (Wildman–Crippen MR) is 138 cm³/mol. The third kappa shape index (κ3) is 5.38. The van der Waals surface area contributed by atoms with Gasteiger partial charge in [0.05, 0.1) is 16.5 Å². The summed E-state index contributed by atoms with van der Waals surface area (Å²) in [6.07, 6.45) is 0.525. The van der Waals surface area contributed by atoms with Crippen molar-refractivity contribution in [3.63, 3.8) is 0 Å². The fourth-order valence-electron chi connectivity index (χ4n) is 4.15. The zero-order chi connectivity index (χ0) is 26.8. The first-order valence-electron chi connectivity index (χ1n) is 11.7. The molecule has 194 valence electrons. The van der Waals surface area contributed by atoms with Crippen LogP contribution in [-0.4, -0.2) is 68.8 Å². The molecule has 1 atom stereocenters. The highest BCUT2D eigenvalue weighted by Crippen LogP contribution is 2.40. The lowest BCUT2D eigenvalue weighted by Gasteiger charge is -2.26. The maximum Gasteiger partial charge on any atom is 0.295 e. The summed E-state index contributed by atoms with van der Waals surface area (Å²) >= 11 is 0. The molecule has 0 aromatic heterocycles. The van der Waals surface area contributed by atoms with Crippen LogP contribution in [0.3, 0.4) is 0 Å². The maximum atomic E-state index is 13.1. The first kappa shape index (κ1) is 27.6. The highest BCUT2D eigenvalue weighted by molar-refractivity contribution is 7.89. The molecule has 8 nitrogen and oxygen atoms in total. The molecule has 0 bridgehead atoms. The number of nitrogens with zero attached hydrogens (tertiary/aromatic N) is 2. The van der Waals surface area contributed by atoms with E-state index in [1.807, 2.05) is 24.3 Å². The van der Waals surface area contributed by atoms with E-state index in [9.17, 15) is 23.1 Å². The molecule has 0 spiro atoms. The van der Waals surface area contributed by atoms with Gasteiger partial charge in [-0.2, -0.15) is 0 Å². The van der Waals surface area contributed by atoms with Crippen LogP contribution in [0.2, 0.25) is 0 Å². The van der Waals surface area contributed by atoms with Crippen LogP contribution in [0.1, 0.15) is 49.9 Å². The Morgan fingerprint density at radius 3 is 2.11 bits per heavy atom. The Balaban J connectivity index is 2.11. The number of sulfonamides is 1. The van der Waals surface area contributed by atoms with Crippen LogP contribution in [0.15, 0.2) is 59.0 Å². The molecule has 2 aromatic rings. The number of aliphatic hydroxyl groups is 1. The van der Waals surface area contributed by atoms with Crippen LogP contribution >= 0.6 is 0 Å². The fraction of sp³-hybridized carbons (Fsp3) is 0.407. The van der Waals surface area contributed by atoms with Gasteiger partial charge in [-0.15, -0.1) is 0 Å². The van der Waals surface area contributed by atoms with E-state index in [1.165, 1.54) is 43.3 Å². The summed E-state index contributed by atoms with van der Waals surface area (Å²) in [5, 5.41) is 11.2. The van der Waals surface area contributed by atoms with E-state index in [2.05, 4.69) is 20.8 Å². The van der Waals surface area contributed by atoms with Gasteiger partial charge in [-0.3, -0.25) is 9.59 Å². The van der Waals surface area contributed by atoms with E-state index < -0.39 is 27.8 Å². The molecule has 1 N–H and O–H groups in total. The molecule has 1 amide bonds.